The van der Waals surface area contributed by atoms with Crippen molar-refractivity contribution < 1.29 is 54.1 Å². The number of aliphatic hydroxyl groups is 4. The van der Waals surface area contributed by atoms with Gasteiger partial charge in [-0.3, -0.25) is 0 Å². The highest BCUT2D eigenvalue weighted by Gasteiger charge is 2.48. The molecule has 10 nitrogen and oxygen atoms in total. The molecule has 1 aliphatic heterocycles. The number of aliphatic carboxylic acids is 2. The minimum Gasteiger partial charge on any atom is -0.478 e. The molecule has 1 saturated heterocycles. The zero-order valence-electron chi connectivity index (χ0n) is 11.2. The van der Waals surface area contributed by atoms with Gasteiger partial charge in [0, 0.05) is 6.42 Å². The Morgan fingerprint density at radius 1 is 1.09 bits per heavy atom. The van der Waals surface area contributed by atoms with Crippen LogP contribution in [-0.2, 0) is 19.1 Å². The number of rotatable bonds is 7. The van der Waals surface area contributed by atoms with Gasteiger partial charge < -0.3 is 40.1 Å². The standard InChI is InChI=1S/C11H17FO10/c12-11(9(17)18,10(19)20)1-2-21-8-7(16)6(15)5(14)4(3-13)22-8/h4-8,13-16H,1-3H2,(H,17,18)(H,19,20)/t4-,5+,6+,7-,8?/m1/s1. The minimum absolute atomic E-state index is 0.706. The molecule has 11 heteroatoms. The second-order valence-corrected chi connectivity index (χ2v) is 4.73. The summed E-state index contributed by atoms with van der Waals surface area (Å²) >= 11 is 0. The molecule has 128 valence electrons. The van der Waals surface area contributed by atoms with Crippen LogP contribution in [0.3, 0.4) is 0 Å². The highest BCUT2D eigenvalue weighted by molar-refractivity contribution is 6.01. The summed E-state index contributed by atoms with van der Waals surface area (Å²) in [5.41, 5.74) is -3.58. The molecule has 0 aromatic heterocycles. The van der Waals surface area contributed by atoms with Crippen LogP contribution in [0.5, 0.6) is 0 Å². The van der Waals surface area contributed by atoms with Gasteiger partial charge in [-0.15, -0.1) is 0 Å². The first-order valence-corrected chi connectivity index (χ1v) is 6.23. The Balaban J connectivity index is 2.63. The molecule has 1 unspecified atom stereocenters. The summed E-state index contributed by atoms with van der Waals surface area (Å²) in [7, 11) is 0. The Hall–Kier alpha value is -1.37. The fourth-order valence-corrected chi connectivity index (χ4v) is 1.83. The largest absolute Gasteiger partial charge is 0.478 e. The van der Waals surface area contributed by atoms with E-state index in [-0.39, 0.29) is 0 Å². The first-order chi connectivity index (χ1) is 10.1. The van der Waals surface area contributed by atoms with Crippen molar-refractivity contribution in [1.29, 1.82) is 0 Å². The molecule has 0 saturated carbocycles. The molecule has 0 aliphatic carbocycles. The number of halogens is 1. The second-order valence-electron chi connectivity index (χ2n) is 4.73. The van der Waals surface area contributed by atoms with Crippen LogP contribution in [0.15, 0.2) is 0 Å². The van der Waals surface area contributed by atoms with E-state index in [2.05, 4.69) is 0 Å². The number of ether oxygens (including phenoxy) is 2. The van der Waals surface area contributed by atoms with Gasteiger partial charge in [-0.25, -0.2) is 14.0 Å². The Labute approximate surface area is 123 Å². The quantitative estimate of drug-likeness (QED) is 0.265. The summed E-state index contributed by atoms with van der Waals surface area (Å²) in [6.45, 7) is -1.47. The van der Waals surface area contributed by atoms with Crippen LogP contribution in [0.25, 0.3) is 0 Å². The SMILES string of the molecule is O=C(O)C(F)(CCOC1O[C@H](CO)[C@H](O)[C@H](O)[C@H]1O)C(=O)O. The fraction of sp³-hybridized carbons (Fsp3) is 0.818. The Bertz CT molecular complexity index is 400. The maximum atomic E-state index is 13.7. The van der Waals surface area contributed by atoms with Gasteiger partial charge in [-0.1, -0.05) is 0 Å². The number of hydrogen-bond acceptors (Lipinski definition) is 8. The van der Waals surface area contributed by atoms with Crippen molar-refractivity contribution in [2.45, 2.75) is 42.8 Å². The lowest BCUT2D eigenvalue weighted by molar-refractivity contribution is -0.302. The molecule has 0 spiro atoms. The molecule has 0 bridgehead atoms. The van der Waals surface area contributed by atoms with Gasteiger partial charge in [-0.2, -0.15) is 0 Å². The lowest BCUT2D eigenvalue weighted by Gasteiger charge is -2.39. The molecule has 0 aromatic rings. The van der Waals surface area contributed by atoms with E-state index in [1.807, 2.05) is 0 Å². The third-order valence-corrected chi connectivity index (χ3v) is 3.26. The van der Waals surface area contributed by atoms with Crippen molar-refractivity contribution >= 4 is 11.9 Å². The molecule has 5 atom stereocenters. The van der Waals surface area contributed by atoms with Gasteiger partial charge in [0.1, 0.15) is 24.4 Å². The van der Waals surface area contributed by atoms with Crippen molar-refractivity contribution in [3.05, 3.63) is 0 Å². The molecular formula is C11H17FO10. The molecule has 1 fully saturated rings. The number of carbonyl (C=O) groups is 2. The summed E-state index contributed by atoms with van der Waals surface area (Å²) in [5, 5.41) is 54.6. The van der Waals surface area contributed by atoms with Crippen LogP contribution in [-0.4, -0.2) is 92.2 Å². The molecule has 1 heterocycles. The van der Waals surface area contributed by atoms with Crippen LogP contribution in [0, 0.1) is 0 Å². The van der Waals surface area contributed by atoms with E-state index in [0.29, 0.717) is 0 Å². The summed E-state index contributed by atoms with van der Waals surface area (Å²) < 4.78 is 23.4. The molecular weight excluding hydrogens is 311 g/mol. The van der Waals surface area contributed by atoms with Crippen molar-refractivity contribution in [2.75, 3.05) is 13.2 Å². The first kappa shape index (κ1) is 18.7. The highest BCUT2D eigenvalue weighted by Crippen LogP contribution is 2.23. The highest BCUT2D eigenvalue weighted by atomic mass is 19.1. The smallest absolute Gasteiger partial charge is 0.353 e. The van der Waals surface area contributed by atoms with E-state index in [9.17, 15) is 29.3 Å². The second kappa shape index (κ2) is 7.26. The van der Waals surface area contributed by atoms with Gasteiger partial charge in [0.15, 0.2) is 6.29 Å². The lowest BCUT2D eigenvalue weighted by atomic mass is 9.99. The molecule has 0 amide bonds. The molecule has 22 heavy (non-hydrogen) atoms. The van der Waals surface area contributed by atoms with Gasteiger partial charge in [0.2, 0.25) is 0 Å². The third-order valence-electron chi connectivity index (χ3n) is 3.26. The topological polar surface area (TPSA) is 174 Å². The molecule has 1 aliphatic rings. The van der Waals surface area contributed by atoms with E-state index in [0.717, 1.165) is 0 Å². The van der Waals surface area contributed by atoms with E-state index >= 15 is 0 Å². The van der Waals surface area contributed by atoms with Crippen molar-refractivity contribution in [2.24, 2.45) is 0 Å². The van der Waals surface area contributed by atoms with Gasteiger partial charge in [0.25, 0.3) is 0 Å². The molecule has 6 N–H and O–H groups in total. The number of hydrogen-bond donors (Lipinski definition) is 6. The fourth-order valence-electron chi connectivity index (χ4n) is 1.83. The third kappa shape index (κ3) is 3.69. The van der Waals surface area contributed by atoms with E-state index in [4.69, 9.17) is 24.8 Å². The van der Waals surface area contributed by atoms with Crippen LogP contribution in [0.4, 0.5) is 4.39 Å². The summed E-state index contributed by atoms with van der Waals surface area (Å²) in [5.74, 6) is -4.42. The normalized spacial score (nSPS) is 32.7. The summed E-state index contributed by atoms with van der Waals surface area (Å²) in [6, 6.07) is 0. The Morgan fingerprint density at radius 2 is 1.64 bits per heavy atom. The van der Waals surface area contributed by atoms with Crippen LogP contribution < -0.4 is 0 Å². The van der Waals surface area contributed by atoms with Crippen molar-refractivity contribution in [3.8, 4) is 0 Å². The summed E-state index contributed by atoms with van der Waals surface area (Å²) in [6.07, 6.45) is -9.00. The zero-order valence-corrected chi connectivity index (χ0v) is 11.2. The Kier molecular flexibility index (Phi) is 6.17. The van der Waals surface area contributed by atoms with E-state index in [1.165, 1.54) is 0 Å². The summed E-state index contributed by atoms with van der Waals surface area (Å²) in [4.78, 5) is 21.2. The number of carboxylic acid groups (broad SMARTS) is 2. The average Bonchev–Trinajstić information content (AvgIpc) is 2.46. The molecule has 0 aromatic carbocycles. The molecule has 1 rings (SSSR count). The predicted molar refractivity (Wildman–Crippen MR) is 63.4 cm³/mol. The van der Waals surface area contributed by atoms with Crippen LogP contribution >= 0.6 is 0 Å². The average molecular weight is 328 g/mol. The van der Waals surface area contributed by atoms with E-state index in [1.54, 1.807) is 0 Å². The number of aliphatic hydroxyl groups excluding tert-OH is 4. The maximum absolute atomic E-state index is 13.7. The van der Waals surface area contributed by atoms with Gasteiger partial charge in [0.05, 0.1) is 13.2 Å². The number of carboxylic acids is 2. The van der Waals surface area contributed by atoms with E-state index < -0.39 is 67.9 Å². The zero-order chi connectivity index (χ0) is 17.1. The molecule has 0 radical (unpaired) electrons. The first-order valence-electron chi connectivity index (χ1n) is 6.23. The predicted octanol–water partition coefficient (Wildman–Crippen LogP) is -2.93. The van der Waals surface area contributed by atoms with Crippen molar-refractivity contribution in [3.63, 3.8) is 0 Å². The maximum Gasteiger partial charge on any atom is 0.353 e. The monoisotopic (exact) mass is 328 g/mol. The van der Waals surface area contributed by atoms with Crippen molar-refractivity contribution in [1.82, 2.24) is 0 Å². The van der Waals surface area contributed by atoms with Crippen LogP contribution in [0.2, 0.25) is 0 Å². The minimum atomic E-state index is -3.58. The van der Waals surface area contributed by atoms with Gasteiger partial charge >= 0.3 is 17.6 Å². The number of alkyl halides is 1. The van der Waals surface area contributed by atoms with Crippen LogP contribution in [0.1, 0.15) is 6.42 Å². The lowest BCUT2D eigenvalue weighted by Crippen LogP contribution is -2.59. The van der Waals surface area contributed by atoms with Gasteiger partial charge in [-0.05, 0) is 0 Å². The Morgan fingerprint density at radius 3 is 2.09 bits per heavy atom.